The van der Waals surface area contributed by atoms with Gasteiger partial charge in [0.05, 0.1) is 5.56 Å². The molecule has 0 amide bonds. The summed E-state index contributed by atoms with van der Waals surface area (Å²) < 4.78 is 2.28. The molecule has 4 nitrogen and oxygen atoms in total. The number of benzene rings is 1. The molecule has 0 unspecified atom stereocenters. The number of aromatic nitrogens is 1. The quantitative estimate of drug-likeness (QED) is 0.880. The molecule has 1 aromatic heterocycles. The first-order valence-electron chi connectivity index (χ1n) is 7.17. The van der Waals surface area contributed by atoms with Crippen LogP contribution in [0.1, 0.15) is 39.8 Å². The number of aromatic carboxylic acids is 1. The Morgan fingerprint density at radius 2 is 1.95 bits per heavy atom. The molecule has 0 saturated carbocycles. The SMILES string of the molecule is CCn1c(C)cc(CNc2cc(C(=O)O)ccc2C)c1C. The Morgan fingerprint density at radius 3 is 2.52 bits per heavy atom. The molecule has 2 rings (SSSR count). The van der Waals surface area contributed by atoms with Crippen LogP contribution in [-0.2, 0) is 13.1 Å². The molecule has 21 heavy (non-hydrogen) atoms. The lowest BCUT2D eigenvalue weighted by Crippen LogP contribution is -2.05. The van der Waals surface area contributed by atoms with Crippen molar-refractivity contribution in [2.75, 3.05) is 5.32 Å². The number of carboxylic acid groups (broad SMARTS) is 1. The van der Waals surface area contributed by atoms with Gasteiger partial charge in [0.15, 0.2) is 0 Å². The highest BCUT2D eigenvalue weighted by Crippen LogP contribution is 2.20. The number of aryl methyl sites for hydroxylation is 2. The summed E-state index contributed by atoms with van der Waals surface area (Å²) in [6, 6.07) is 7.34. The average molecular weight is 286 g/mol. The fourth-order valence-corrected chi connectivity index (χ4v) is 2.67. The van der Waals surface area contributed by atoms with E-state index in [0.717, 1.165) is 17.8 Å². The van der Waals surface area contributed by atoms with Crippen LogP contribution in [0, 0.1) is 20.8 Å². The van der Waals surface area contributed by atoms with Gasteiger partial charge >= 0.3 is 5.97 Å². The number of carbonyl (C=O) groups is 1. The van der Waals surface area contributed by atoms with Crippen molar-refractivity contribution in [2.45, 2.75) is 40.8 Å². The largest absolute Gasteiger partial charge is 0.478 e. The van der Waals surface area contributed by atoms with Crippen molar-refractivity contribution in [1.82, 2.24) is 4.57 Å². The van der Waals surface area contributed by atoms with E-state index in [1.54, 1.807) is 12.1 Å². The summed E-state index contributed by atoms with van der Waals surface area (Å²) >= 11 is 0. The van der Waals surface area contributed by atoms with Crippen LogP contribution in [0.25, 0.3) is 0 Å². The van der Waals surface area contributed by atoms with Crippen molar-refractivity contribution in [2.24, 2.45) is 0 Å². The molecule has 1 heterocycles. The topological polar surface area (TPSA) is 54.3 Å². The molecule has 0 aliphatic carbocycles. The molecule has 2 aromatic rings. The minimum absolute atomic E-state index is 0.308. The Balaban J connectivity index is 2.20. The van der Waals surface area contributed by atoms with Crippen LogP contribution in [0.15, 0.2) is 24.3 Å². The number of carboxylic acids is 1. The lowest BCUT2D eigenvalue weighted by molar-refractivity contribution is 0.0697. The first kappa shape index (κ1) is 15.2. The van der Waals surface area contributed by atoms with Gasteiger partial charge in [0.2, 0.25) is 0 Å². The van der Waals surface area contributed by atoms with Gasteiger partial charge in [-0.05, 0) is 57.0 Å². The Bertz CT molecular complexity index is 672. The fourth-order valence-electron chi connectivity index (χ4n) is 2.67. The predicted molar refractivity (Wildman–Crippen MR) is 85.0 cm³/mol. The molecule has 0 radical (unpaired) electrons. The molecular weight excluding hydrogens is 264 g/mol. The van der Waals surface area contributed by atoms with Crippen LogP contribution in [0.4, 0.5) is 5.69 Å². The van der Waals surface area contributed by atoms with Gasteiger partial charge in [-0.25, -0.2) is 4.79 Å². The summed E-state index contributed by atoms with van der Waals surface area (Å²) in [5.41, 5.74) is 5.98. The van der Waals surface area contributed by atoms with Gasteiger partial charge < -0.3 is 15.0 Å². The van der Waals surface area contributed by atoms with Crippen molar-refractivity contribution >= 4 is 11.7 Å². The molecule has 0 spiro atoms. The van der Waals surface area contributed by atoms with Gasteiger partial charge in [-0.15, -0.1) is 0 Å². The zero-order valence-electron chi connectivity index (χ0n) is 13.0. The number of anilines is 1. The standard InChI is InChI=1S/C17H22N2O2/c1-5-19-12(3)8-15(13(19)4)10-18-16-9-14(17(20)21)7-6-11(16)2/h6-9,18H,5,10H2,1-4H3,(H,20,21). The number of rotatable bonds is 5. The van der Waals surface area contributed by atoms with E-state index in [4.69, 9.17) is 5.11 Å². The van der Waals surface area contributed by atoms with E-state index >= 15 is 0 Å². The maximum atomic E-state index is 11.0. The average Bonchev–Trinajstić information content (AvgIpc) is 2.71. The summed E-state index contributed by atoms with van der Waals surface area (Å²) in [5.74, 6) is -0.901. The fraction of sp³-hybridized carbons (Fsp3) is 0.353. The molecule has 112 valence electrons. The molecule has 2 N–H and O–H groups in total. The van der Waals surface area contributed by atoms with E-state index in [2.05, 4.69) is 36.7 Å². The molecule has 0 saturated heterocycles. The molecule has 0 aliphatic heterocycles. The van der Waals surface area contributed by atoms with Crippen molar-refractivity contribution in [3.05, 3.63) is 52.3 Å². The van der Waals surface area contributed by atoms with Crippen LogP contribution in [0.2, 0.25) is 0 Å². The second-order valence-corrected chi connectivity index (χ2v) is 5.33. The molecule has 0 aliphatic rings. The third kappa shape index (κ3) is 3.10. The number of nitrogens with zero attached hydrogens (tertiary/aromatic N) is 1. The van der Waals surface area contributed by atoms with Crippen molar-refractivity contribution < 1.29 is 9.90 Å². The summed E-state index contributed by atoms with van der Waals surface area (Å²) in [4.78, 5) is 11.0. The van der Waals surface area contributed by atoms with Gasteiger partial charge in [0.1, 0.15) is 0 Å². The van der Waals surface area contributed by atoms with Crippen LogP contribution in [0.3, 0.4) is 0 Å². The van der Waals surface area contributed by atoms with E-state index in [1.807, 2.05) is 13.0 Å². The number of hydrogen-bond acceptors (Lipinski definition) is 2. The molecular formula is C17H22N2O2. The number of nitrogens with one attached hydrogen (secondary N) is 1. The Labute approximate surface area is 125 Å². The second-order valence-electron chi connectivity index (χ2n) is 5.33. The van der Waals surface area contributed by atoms with E-state index in [0.29, 0.717) is 12.1 Å². The minimum Gasteiger partial charge on any atom is -0.478 e. The summed E-state index contributed by atoms with van der Waals surface area (Å²) in [6.45, 7) is 10.0. The maximum absolute atomic E-state index is 11.0. The zero-order chi connectivity index (χ0) is 15.6. The van der Waals surface area contributed by atoms with Crippen LogP contribution in [0.5, 0.6) is 0 Å². The Kier molecular flexibility index (Phi) is 4.36. The van der Waals surface area contributed by atoms with Crippen molar-refractivity contribution in [1.29, 1.82) is 0 Å². The van der Waals surface area contributed by atoms with E-state index in [-0.39, 0.29) is 0 Å². The van der Waals surface area contributed by atoms with Crippen LogP contribution in [-0.4, -0.2) is 15.6 Å². The normalized spacial score (nSPS) is 10.7. The van der Waals surface area contributed by atoms with Gasteiger partial charge in [0.25, 0.3) is 0 Å². The zero-order valence-corrected chi connectivity index (χ0v) is 13.0. The smallest absolute Gasteiger partial charge is 0.335 e. The summed E-state index contributed by atoms with van der Waals surface area (Å²) in [6.07, 6.45) is 0. The first-order valence-corrected chi connectivity index (χ1v) is 7.17. The summed E-state index contributed by atoms with van der Waals surface area (Å²) in [5, 5.41) is 12.4. The Morgan fingerprint density at radius 1 is 1.24 bits per heavy atom. The van der Waals surface area contributed by atoms with Gasteiger partial charge in [0, 0.05) is 30.2 Å². The first-order chi connectivity index (χ1) is 9.93. The molecule has 0 atom stereocenters. The molecule has 1 aromatic carbocycles. The highest BCUT2D eigenvalue weighted by Gasteiger charge is 2.09. The maximum Gasteiger partial charge on any atom is 0.335 e. The lowest BCUT2D eigenvalue weighted by Gasteiger charge is -2.11. The molecule has 0 bridgehead atoms. The van der Waals surface area contributed by atoms with Crippen LogP contribution >= 0.6 is 0 Å². The number of hydrogen-bond donors (Lipinski definition) is 2. The monoisotopic (exact) mass is 286 g/mol. The Hall–Kier alpha value is -2.23. The highest BCUT2D eigenvalue weighted by molar-refractivity contribution is 5.89. The third-order valence-corrected chi connectivity index (χ3v) is 3.95. The summed E-state index contributed by atoms with van der Waals surface area (Å²) in [7, 11) is 0. The van der Waals surface area contributed by atoms with Crippen molar-refractivity contribution in [3.8, 4) is 0 Å². The van der Waals surface area contributed by atoms with E-state index in [1.165, 1.54) is 17.0 Å². The van der Waals surface area contributed by atoms with E-state index in [9.17, 15) is 4.79 Å². The van der Waals surface area contributed by atoms with Crippen LogP contribution < -0.4 is 5.32 Å². The molecule has 4 heteroatoms. The van der Waals surface area contributed by atoms with Crippen molar-refractivity contribution in [3.63, 3.8) is 0 Å². The van der Waals surface area contributed by atoms with Gasteiger partial charge in [-0.1, -0.05) is 6.07 Å². The lowest BCUT2D eigenvalue weighted by atomic mass is 10.1. The second kappa shape index (κ2) is 6.04. The highest BCUT2D eigenvalue weighted by atomic mass is 16.4. The van der Waals surface area contributed by atoms with Gasteiger partial charge in [-0.2, -0.15) is 0 Å². The van der Waals surface area contributed by atoms with E-state index < -0.39 is 5.97 Å². The predicted octanol–water partition coefficient (Wildman–Crippen LogP) is 3.74. The van der Waals surface area contributed by atoms with Gasteiger partial charge in [-0.3, -0.25) is 0 Å². The minimum atomic E-state index is -0.901. The molecule has 0 fully saturated rings. The third-order valence-electron chi connectivity index (χ3n) is 3.95.